The van der Waals surface area contributed by atoms with Gasteiger partial charge in [0.05, 0.1) is 0 Å². The third-order valence-electron chi connectivity index (χ3n) is 5.56. The summed E-state index contributed by atoms with van der Waals surface area (Å²) in [5, 5.41) is 0. The average Bonchev–Trinajstić information content (AvgIpc) is 2.82. The van der Waals surface area contributed by atoms with Crippen LogP contribution in [-0.2, 0) is 0 Å². The maximum absolute atomic E-state index is 4.72. The van der Waals surface area contributed by atoms with Gasteiger partial charge < -0.3 is 0 Å². The first kappa shape index (κ1) is 19.2. The Bertz CT molecular complexity index is 1000. The van der Waals surface area contributed by atoms with Crippen LogP contribution in [0, 0.1) is 0 Å². The maximum atomic E-state index is 4.72. The molecule has 0 radical (unpaired) electrons. The second kappa shape index (κ2) is 8.50. The Morgan fingerprint density at radius 1 is 0.448 bits per heavy atom. The Kier molecular flexibility index (Phi) is 5.64. The first-order chi connectivity index (χ1) is 14.2. The topological polar surface area (TPSA) is 0 Å². The Labute approximate surface area is 176 Å². The van der Waals surface area contributed by atoms with Gasteiger partial charge in [-0.2, -0.15) is 0 Å². The summed E-state index contributed by atoms with van der Waals surface area (Å²) in [6.45, 7) is 9.23. The summed E-state index contributed by atoms with van der Waals surface area (Å²) in [4.78, 5) is 0. The Morgan fingerprint density at radius 3 is 1.10 bits per heavy atom. The molecule has 4 rings (SSSR count). The van der Waals surface area contributed by atoms with Crippen molar-refractivity contribution < 1.29 is 0 Å². The van der Waals surface area contributed by atoms with Crippen LogP contribution in [-0.4, -0.2) is 13.3 Å². The van der Waals surface area contributed by atoms with Crippen molar-refractivity contribution in [1.29, 1.82) is 0 Å². The molecule has 0 unspecified atom stereocenters. The van der Waals surface area contributed by atoms with Crippen molar-refractivity contribution in [1.82, 2.24) is 0 Å². The molecule has 0 saturated heterocycles. The molecule has 0 bridgehead atoms. The van der Waals surface area contributed by atoms with Crippen molar-refractivity contribution in [2.45, 2.75) is 0 Å². The van der Waals surface area contributed by atoms with Crippen LogP contribution in [0.4, 0.5) is 0 Å². The second-order valence-corrected chi connectivity index (χ2v) is 15.2. The van der Waals surface area contributed by atoms with Crippen molar-refractivity contribution in [2.24, 2.45) is 0 Å². The van der Waals surface area contributed by atoms with E-state index in [1.165, 1.54) is 17.6 Å². The molecular weight excluding hydrogens is 409 g/mol. The fraction of sp³-hybridized carbons (Fsp3) is 0. The van der Waals surface area contributed by atoms with E-state index in [2.05, 4.69) is 122 Å². The van der Waals surface area contributed by atoms with Gasteiger partial charge in [0.15, 0.2) is 0 Å². The standard InChI is InChI=1S/C28H24Ge/c1-23(25-15-7-3-8-16-25)24(2)29(26-17-9-4-10-18-26,27-19-11-5-12-20-27)28-21-13-6-14-22-28/h3-22H,1-2H2. The van der Waals surface area contributed by atoms with E-state index in [0.717, 1.165) is 11.1 Å². The van der Waals surface area contributed by atoms with Gasteiger partial charge in [-0.05, 0) is 0 Å². The van der Waals surface area contributed by atoms with Crippen LogP contribution >= 0.6 is 0 Å². The van der Waals surface area contributed by atoms with Gasteiger partial charge in [-0.25, -0.2) is 0 Å². The van der Waals surface area contributed by atoms with Crippen LogP contribution in [0.2, 0.25) is 0 Å². The SMILES string of the molecule is C=C([C](=C)[Ge]([c]1ccccc1)([c]1ccccc1)[c]1ccccc1)c1ccccc1. The molecule has 4 aromatic carbocycles. The Balaban J connectivity index is 2.03. The molecule has 0 heterocycles. The predicted molar refractivity (Wildman–Crippen MR) is 129 cm³/mol. The zero-order valence-corrected chi connectivity index (χ0v) is 18.6. The van der Waals surface area contributed by atoms with Gasteiger partial charge in [-0.3, -0.25) is 0 Å². The molecule has 0 saturated carbocycles. The summed E-state index contributed by atoms with van der Waals surface area (Å²) < 4.78 is 5.27. The van der Waals surface area contributed by atoms with Crippen LogP contribution < -0.4 is 13.2 Å². The molecule has 4 aromatic rings. The van der Waals surface area contributed by atoms with E-state index >= 15 is 0 Å². The molecule has 0 aliphatic rings. The van der Waals surface area contributed by atoms with Gasteiger partial charge in [-0.1, -0.05) is 0 Å². The molecular formula is C28H24Ge. The first-order valence-electron chi connectivity index (χ1n) is 9.85. The third kappa shape index (κ3) is 3.52. The van der Waals surface area contributed by atoms with Crippen molar-refractivity contribution in [2.75, 3.05) is 0 Å². The fourth-order valence-electron chi connectivity index (χ4n) is 4.13. The van der Waals surface area contributed by atoms with Crippen LogP contribution in [0.5, 0.6) is 0 Å². The van der Waals surface area contributed by atoms with Crippen LogP contribution in [0.1, 0.15) is 5.56 Å². The summed E-state index contributed by atoms with van der Waals surface area (Å²) in [5.41, 5.74) is 2.16. The van der Waals surface area contributed by atoms with E-state index in [1.54, 1.807) is 0 Å². The molecule has 0 fully saturated rings. The second-order valence-electron chi connectivity index (χ2n) is 7.17. The molecule has 1 heteroatoms. The van der Waals surface area contributed by atoms with Gasteiger partial charge in [-0.15, -0.1) is 0 Å². The van der Waals surface area contributed by atoms with Crippen molar-refractivity contribution in [3.05, 3.63) is 144 Å². The molecule has 0 aromatic heterocycles. The molecule has 0 aliphatic carbocycles. The van der Waals surface area contributed by atoms with Gasteiger partial charge in [0.25, 0.3) is 0 Å². The average molecular weight is 433 g/mol. The Hall–Kier alpha value is -3.10. The Morgan fingerprint density at radius 2 is 0.759 bits per heavy atom. The van der Waals surface area contributed by atoms with Gasteiger partial charge >= 0.3 is 176 Å². The van der Waals surface area contributed by atoms with Crippen LogP contribution in [0.15, 0.2) is 139 Å². The number of hydrogen-bond donors (Lipinski definition) is 0. The van der Waals surface area contributed by atoms with Gasteiger partial charge in [0.2, 0.25) is 0 Å². The summed E-state index contributed by atoms with van der Waals surface area (Å²) in [7, 11) is 0. The van der Waals surface area contributed by atoms with Crippen molar-refractivity contribution in [3.63, 3.8) is 0 Å². The monoisotopic (exact) mass is 434 g/mol. The summed E-state index contributed by atoms with van der Waals surface area (Å²) in [6.07, 6.45) is 0. The van der Waals surface area contributed by atoms with E-state index in [4.69, 9.17) is 6.58 Å². The van der Waals surface area contributed by atoms with Gasteiger partial charge in [0.1, 0.15) is 0 Å². The van der Waals surface area contributed by atoms with E-state index in [9.17, 15) is 0 Å². The molecule has 0 amide bonds. The van der Waals surface area contributed by atoms with E-state index in [0.29, 0.717) is 0 Å². The van der Waals surface area contributed by atoms with Gasteiger partial charge in [0, 0.05) is 0 Å². The van der Waals surface area contributed by atoms with E-state index < -0.39 is 13.3 Å². The first-order valence-corrected chi connectivity index (χ1v) is 14.0. The number of hydrogen-bond acceptors (Lipinski definition) is 0. The molecule has 0 atom stereocenters. The molecule has 0 N–H and O–H groups in total. The molecule has 29 heavy (non-hydrogen) atoms. The zero-order valence-electron chi connectivity index (χ0n) is 16.5. The minimum absolute atomic E-state index is 1.03. The summed E-state index contributed by atoms with van der Waals surface area (Å²) >= 11 is -3.28. The molecule has 0 aliphatic heterocycles. The normalized spacial score (nSPS) is 11.0. The summed E-state index contributed by atoms with van der Waals surface area (Å²) in [6, 6.07) is 43.1. The third-order valence-corrected chi connectivity index (χ3v) is 15.6. The molecule has 0 nitrogen and oxygen atoms in total. The quantitative estimate of drug-likeness (QED) is 0.298. The van der Waals surface area contributed by atoms with Crippen molar-refractivity contribution in [3.8, 4) is 0 Å². The van der Waals surface area contributed by atoms with Crippen LogP contribution in [0.3, 0.4) is 0 Å². The fourth-order valence-corrected chi connectivity index (χ4v) is 14.0. The van der Waals surface area contributed by atoms with Crippen LogP contribution in [0.25, 0.3) is 5.57 Å². The number of benzene rings is 4. The minimum atomic E-state index is -3.28. The molecule has 140 valence electrons. The molecule has 0 spiro atoms. The predicted octanol–water partition coefficient (Wildman–Crippen LogP) is 4.97. The number of allylic oxidation sites excluding steroid dienone is 2. The zero-order chi connectivity index (χ0) is 20.1. The summed E-state index contributed by atoms with van der Waals surface area (Å²) in [5.74, 6) is 0. The van der Waals surface area contributed by atoms with E-state index in [-0.39, 0.29) is 0 Å². The van der Waals surface area contributed by atoms with E-state index in [1.807, 2.05) is 6.07 Å². The number of rotatable bonds is 6. The van der Waals surface area contributed by atoms with Crippen molar-refractivity contribution >= 4 is 32.0 Å².